The van der Waals surface area contributed by atoms with Gasteiger partial charge in [-0.3, -0.25) is 24.1 Å². The third kappa shape index (κ3) is 4.13. The lowest BCUT2D eigenvalue weighted by atomic mass is 9.76. The van der Waals surface area contributed by atoms with Crippen molar-refractivity contribution in [3.05, 3.63) is 29.3 Å². The first-order valence-electron chi connectivity index (χ1n) is 9.87. The number of carbonyl (C=O) groups excluding carboxylic acids is 3. The Kier molecular flexibility index (Phi) is 6.57. The van der Waals surface area contributed by atoms with Gasteiger partial charge in [-0.05, 0) is 24.1 Å². The Hall–Kier alpha value is -2.26. The van der Waals surface area contributed by atoms with Gasteiger partial charge in [-0.25, -0.2) is 0 Å². The quantitative estimate of drug-likeness (QED) is 0.505. The zero-order chi connectivity index (χ0) is 23.1. The number of benzene rings is 1. The highest BCUT2D eigenvalue weighted by Crippen LogP contribution is 2.48. The predicted molar refractivity (Wildman–Crippen MR) is 117 cm³/mol. The van der Waals surface area contributed by atoms with Gasteiger partial charge in [-0.1, -0.05) is 31.5 Å². The van der Waals surface area contributed by atoms with Gasteiger partial charge in [0.1, 0.15) is 22.9 Å². The number of carboxylic acids is 1. The van der Waals surface area contributed by atoms with Gasteiger partial charge in [0.15, 0.2) is 0 Å². The molecule has 1 aromatic carbocycles. The fourth-order valence-corrected chi connectivity index (χ4v) is 6.14. The van der Waals surface area contributed by atoms with Crippen LogP contribution in [0.1, 0.15) is 27.7 Å². The Bertz CT molecular complexity index is 925. The van der Waals surface area contributed by atoms with Crippen molar-refractivity contribution in [3.8, 4) is 0 Å². The minimum Gasteiger partial charge on any atom is -0.481 e. The van der Waals surface area contributed by atoms with Crippen LogP contribution in [0.15, 0.2) is 24.3 Å². The first-order chi connectivity index (χ1) is 14.5. The van der Waals surface area contributed by atoms with E-state index in [2.05, 4.69) is 0 Å². The summed E-state index contributed by atoms with van der Waals surface area (Å²) in [5, 5.41) is 10.1. The van der Waals surface area contributed by atoms with Gasteiger partial charge in [0, 0.05) is 36.9 Å². The molecule has 2 amide bonds. The molecule has 8 nitrogen and oxygen atoms in total. The Morgan fingerprint density at radius 1 is 1.32 bits per heavy atom. The van der Waals surface area contributed by atoms with Crippen molar-refractivity contribution in [2.24, 2.45) is 11.3 Å². The van der Waals surface area contributed by atoms with Crippen molar-refractivity contribution in [2.75, 3.05) is 17.2 Å². The van der Waals surface area contributed by atoms with Crippen molar-refractivity contribution in [1.82, 2.24) is 4.90 Å². The molecule has 2 fully saturated rings. The summed E-state index contributed by atoms with van der Waals surface area (Å²) >= 11 is 7.35. The average molecular weight is 469 g/mol. The van der Waals surface area contributed by atoms with Crippen LogP contribution in [0.4, 0.5) is 5.69 Å². The van der Waals surface area contributed by atoms with Gasteiger partial charge in [0.25, 0.3) is 0 Å². The normalized spacial score (nSPS) is 26.0. The maximum atomic E-state index is 13.1. The zero-order valence-electron chi connectivity index (χ0n) is 17.7. The largest absolute Gasteiger partial charge is 0.481 e. The molecule has 0 bridgehead atoms. The van der Waals surface area contributed by atoms with Crippen molar-refractivity contribution >= 4 is 52.8 Å². The van der Waals surface area contributed by atoms with Crippen LogP contribution in [0, 0.1) is 11.3 Å². The number of carboxylic acid groups (broad SMARTS) is 1. The van der Waals surface area contributed by atoms with E-state index in [9.17, 15) is 24.3 Å². The zero-order valence-corrected chi connectivity index (χ0v) is 19.3. The monoisotopic (exact) mass is 468 g/mol. The molecule has 0 aliphatic carbocycles. The molecule has 0 aromatic heterocycles. The lowest BCUT2D eigenvalue weighted by Gasteiger charge is -2.57. The maximum Gasteiger partial charge on any atom is 0.316 e. The molecule has 0 radical (unpaired) electrons. The van der Waals surface area contributed by atoms with E-state index in [-0.39, 0.29) is 30.0 Å². The summed E-state index contributed by atoms with van der Waals surface area (Å²) < 4.78 is 5.40. The van der Waals surface area contributed by atoms with Crippen molar-refractivity contribution in [1.29, 1.82) is 0 Å². The minimum atomic E-state index is -1.43. The van der Waals surface area contributed by atoms with Crippen LogP contribution in [0.2, 0.25) is 5.02 Å². The molecule has 10 heteroatoms. The summed E-state index contributed by atoms with van der Waals surface area (Å²) in [5.74, 6) is -2.45. The molecule has 2 aliphatic heterocycles. The molecule has 168 valence electrons. The average Bonchev–Trinajstić information content (AvgIpc) is 2.68. The summed E-state index contributed by atoms with van der Waals surface area (Å²) in [6.07, 6.45) is -0.889. The number of rotatable bonds is 6. The Morgan fingerprint density at radius 3 is 2.52 bits per heavy atom. The van der Waals surface area contributed by atoms with E-state index in [0.717, 1.165) is 0 Å². The first kappa shape index (κ1) is 23.4. The van der Waals surface area contributed by atoms with E-state index >= 15 is 0 Å². The highest BCUT2D eigenvalue weighted by atomic mass is 35.5. The minimum absolute atomic E-state index is 0.0905. The molecule has 0 saturated carbocycles. The second kappa shape index (κ2) is 8.70. The van der Waals surface area contributed by atoms with E-state index in [1.54, 1.807) is 38.1 Å². The number of aliphatic carboxylic acids is 1. The standard InChI is InChI=1S/C21H25ClN2O6S/c1-11(2)17(30-13(4)26)21(20(28)29)9-23-18(27)16(19(23)31-10-21)24(12(3)25)15-7-5-6-14(22)8-15/h5-8,11,16-17,19H,9-10H2,1-4H3,(H,28,29)/t16?,17?,19-,21?/m1/s1. The Balaban J connectivity index is 1.90. The van der Waals surface area contributed by atoms with Crippen LogP contribution in [0.3, 0.4) is 0 Å². The summed E-state index contributed by atoms with van der Waals surface area (Å²) in [4.78, 5) is 52.4. The third-order valence-corrected chi connectivity index (χ3v) is 7.42. The Morgan fingerprint density at radius 2 is 2.00 bits per heavy atom. The Labute approximate surface area is 189 Å². The van der Waals surface area contributed by atoms with Crippen LogP contribution in [-0.2, 0) is 23.9 Å². The van der Waals surface area contributed by atoms with Crippen molar-refractivity contribution in [3.63, 3.8) is 0 Å². The lowest BCUT2D eigenvalue weighted by molar-refractivity contribution is -0.176. The predicted octanol–water partition coefficient (Wildman–Crippen LogP) is 2.64. The highest BCUT2D eigenvalue weighted by Gasteiger charge is 2.62. The number of carbonyl (C=O) groups is 4. The van der Waals surface area contributed by atoms with Crippen molar-refractivity contribution in [2.45, 2.75) is 45.2 Å². The molecule has 2 aliphatic rings. The molecule has 3 rings (SSSR count). The van der Waals surface area contributed by atoms with E-state index < -0.39 is 34.9 Å². The number of esters is 1. The second-order valence-electron chi connectivity index (χ2n) is 8.22. The molecular weight excluding hydrogens is 444 g/mol. The molecule has 31 heavy (non-hydrogen) atoms. The lowest BCUT2D eigenvalue weighted by Crippen LogP contribution is -2.75. The fourth-order valence-electron chi connectivity index (χ4n) is 4.33. The topological polar surface area (TPSA) is 104 Å². The summed E-state index contributed by atoms with van der Waals surface area (Å²) in [5.41, 5.74) is -0.924. The number of ether oxygens (including phenoxy) is 1. The summed E-state index contributed by atoms with van der Waals surface area (Å²) in [6, 6.07) is 5.94. The SMILES string of the molecule is CC(=O)OC(C(C)C)C1(C(=O)O)CS[C@@H]2C(N(C(C)=O)c3cccc(Cl)c3)C(=O)N2C1. The van der Waals surface area contributed by atoms with E-state index in [0.29, 0.717) is 10.7 Å². The van der Waals surface area contributed by atoms with Crippen LogP contribution >= 0.6 is 23.4 Å². The van der Waals surface area contributed by atoms with Crippen LogP contribution in [0.25, 0.3) is 0 Å². The second-order valence-corrected chi connectivity index (χ2v) is 9.76. The molecule has 1 aromatic rings. The number of halogens is 1. The van der Waals surface area contributed by atoms with Gasteiger partial charge < -0.3 is 14.7 Å². The third-order valence-electron chi connectivity index (χ3n) is 5.65. The maximum absolute atomic E-state index is 13.1. The number of fused-ring (bicyclic) bond motifs is 1. The number of anilines is 1. The van der Waals surface area contributed by atoms with Gasteiger partial charge >= 0.3 is 11.9 Å². The number of thioether (sulfide) groups is 1. The fraction of sp³-hybridized carbons (Fsp3) is 0.524. The van der Waals surface area contributed by atoms with Gasteiger partial charge in [0.05, 0.1) is 0 Å². The smallest absolute Gasteiger partial charge is 0.316 e. The molecular formula is C21H25ClN2O6S. The molecule has 1 N–H and O–H groups in total. The molecule has 3 unspecified atom stereocenters. The van der Waals surface area contributed by atoms with Crippen molar-refractivity contribution < 1.29 is 29.0 Å². The molecule has 2 heterocycles. The molecule has 0 spiro atoms. The summed E-state index contributed by atoms with van der Waals surface area (Å²) in [6.45, 7) is 6.09. The van der Waals surface area contributed by atoms with E-state index in [1.807, 2.05) is 0 Å². The number of nitrogens with zero attached hydrogens (tertiary/aromatic N) is 2. The summed E-state index contributed by atoms with van der Waals surface area (Å²) in [7, 11) is 0. The van der Waals surface area contributed by atoms with Gasteiger partial charge in [-0.2, -0.15) is 0 Å². The van der Waals surface area contributed by atoms with E-state index in [1.165, 1.54) is 35.4 Å². The number of amides is 2. The number of hydrogen-bond donors (Lipinski definition) is 1. The van der Waals surface area contributed by atoms with Crippen LogP contribution < -0.4 is 4.90 Å². The molecule has 4 atom stereocenters. The van der Waals surface area contributed by atoms with Crippen LogP contribution in [0.5, 0.6) is 0 Å². The first-order valence-corrected chi connectivity index (χ1v) is 11.3. The number of β-lactam (4-membered cyclic amide) rings is 1. The molecule has 2 saturated heterocycles. The number of hydrogen-bond acceptors (Lipinski definition) is 6. The van der Waals surface area contributed by atoms with Gasteiger partial charge in [0.2, 0.25) is 11.8 Å². The van der Waals surface area contributed by atoms with Gasteiger partial charge in [-0.15, -0.1) is 11.8 Å². The van der Waals surface area contributed by atoms with E-state index in [4.69, 9.17) is 16.3 Å². The van der Waals surface area contributed by atoms with Crippen LogP contribution in [-0.4, -0.2) is 63.6 Å². The highest BCUT2D eigenvalue weighted by molar-refractivity contribution is 8.00.